The molecule has 0 bridgehead atoms. The quantitative estimate of drug-likeness (QED) is 0.752. The van der Waals surface area contributed by atoms with Gasteiger partial charge < -0.3 is 14.6 Å². The molecule has 0 amide bonds. The van der Waals surface area contributed by atoms with Crippen LogP contribution in [0.5, 0.6) is 0 Å². The Labute approximate surface area is 83.4 Å². The Morgan fingerprint density at radius 1 is 1.50 bits per heavy atom. The summed E-state index contributed by atoms with van der Waals surface area (Å²) in [5.41, 5.74) is -0.554. The zero-order valence-corrected chi connectivity index (χ0v) is 8.15. The molecule has 1 aliphatic carbocycles. The molecule has 1 saturated carbocycles. The van der Waals surface area contributed by atoms with Gasteiger partial charge in [0.15, 0.2) is 0 Å². The minimum atomic E-state index is -0.554. The molecule has 1 heterocycles. The van der Waals surface area contributed by atoms with Crippen molar-refractivity contribution in [1.29, 1.82) is 0 Å². The van der Waals surface area contributed by atoms with Gasteiger partial charge in [0.25, 0.3) is 0 Å². The topological polar surface area (TPSA) is 53.6 Å². The summed E-state index contributed by atoms with van der Waals surface area (Å²) in [7, 11) is 0. The Hall–Kier alpha value is -0.800. The SMILES string of the molecule is OCC1(c2ccco2)CCCCC1O. The maximum Gasteiger partial charge on any atom is 0.114 e. The van der Waals surface area contributed by atoms with Gasteiger partial charge >= 0.3 is 0 Å². The lowest BCUT2D eigenvalue weighted by Crippen LogP contribution is -2.45. The van der Waals surface area contributed by atoms with Crippen molar-refractivity contribution in [3.63, 3.8) is 0 Å². The highest BCUT2D eigenvalue weighted by Crippen LogP contribution is 2.39. The third kappa shape index (κ3) is 1.37. The Bertz CT molecular complexity index is 281. The number of aliphatic hydroxyl groups excluding tert-OH is 2. The van der Waals surface area contributed by atoms with E-state index in [-0.39, 0.29) is 6.61 Å². The number of rotatable bonds is 2. The van der Waals surface area contributed by atoms with Gasteiger partial charge in [-0.25, -0.2) is 0 Å². The van der Waals surface area contributed by atoms with Crippen LogP contribution in [0.1, 0.15) is 31.4 Å². The van der Waals surface area contributed by atoms with Gasteiger partial charge in [0, 0.05) is 0 Å². The molecule has 3 heteroatoms. The molecule has 0 spiro atoms. The Morgan fingerprint density at radius 3 is 2.93 bits per heavy atom. The molecule has 2 atom stereocenters. The molecule has 0 aromatic carbocycles. The van der Waals surface area contributed by atoms with Crippen LogP contribution in [0.15, 0.2) is 22.8 Å². The van der Waals surface area contributed by atoms with E-state index in [0.29, 0.717) is 5.76 Å². The smallest absolute Gasteiger partial charge is 0.114 e. The first-order valence-corrected chi connectivity index (χ1v) is 5.12. The first-order valence-electron chi connectivity index (χ1n) is 5.12. The van der Waals surface area contributed by atoms with Crippen LogP contribution in [-0.2, 0) is 5.41 Å². The van der Waals surface area contributed by atoms with Crippen LogP contribution >= 0.6 is 0 Å². The molecule has 1 aromatic rings. The first kappa shape index (κ1) is 9.74. The molecule has 1 fully saturated rings. The fourth-order valence-corrected chi connectivity index (χ4v) is 2.33. The van der Waals surface area contributed by atoms with E-state index in [1.807, 2.05) is 6.07 Å². The summed E-state index contributed by atoms with van der Waals surface area (Å²) in [6.07, 6.45) is 4.74. The van der Waals surface area contributed by atoms with E-state index in [4.69, 9.17) is 4.42 Å². The molecule has 14 heavy (non-hydrogen) atoms. The summed E-state index contributed by atoms with van der Waals surface area (Å²) in [6.45, 7) is -0.0400. The molecule has 0 saturated heterocycles. The van der Waals surface area contributed by atoms with E-state index >= 15 is 0 Å². The molecule has 1 aliphatic rings. The second kappa shape index (κ2) is 3.75. The van der Waals surface area contributed by atoms with Crippen molar-refractivity contribution >= 4 is 0 Å². The van der Waals surface area contributed by atoms with Crippen LogP contribution in [0.25, 0.3) is 0 Å². The zero-order chi connectivity index (χ0) is 10.0. The average Bonchev–Trinajstić information content (AvgIpc) is 2.72. The van der Waals surface area contributed by atoms with Crippen LogP contribution in [0.2, 0.25) is 0 Å². The van der Waals surface area contributed by atoms with E-state index in [9.17, 15) is 10.2 Å². The second-order valence-electron chi connectivity index (χ2n) is 4.05. The second-order valence-corrected chi connectivity index (χ2v) is 4.05. The zero-order valence-electron chi connectivity index (χ0n) is 8.15. The molecule has 2 rings (SSSR count). The van der Waals surface area contributed by atoms with Gasteiger partial charge in [-0.3, -0.25) is 0 Å². The van der Waals surface area contributed by atoms with E-state index in [1.54, 1.807) is 12.3 Å². The van der Waals surface area contributed by atoms with Crippen molar-refractivity contribution in [1.82, 2.24) is 0 Å². The van der Waals surface area contributed by atoms with Crippen LogP contribution in [-0.4, -0.2) is 22.9 Å². The van der Waals surface area contributed by atoms with Crippen molar-refractivity contribution in [2.45, 2.75) is 37.2 Å². The minimum absolute atomic E-state index is 0.0400. The predicted octanol–water partition coefficient (Wildman–Crippen LogP) is 1.44. The standard InChI is InChI=1S/C11H16O3/c12-8-11(10-5-3-7-14-10)6-2-1-4-9(11)13/h3,5,7,9,12-13H,1-2,4,6,8H2. The van der Waals surface area contributed by atoms with Crippen LogP contribution in [0.3, 0.4) is 0 Å². The minimum Gasteiger partial charge on any atom is -0.469 e. The highest BCUT2D eigenvalue weighted by molar-refractivity contribution is 5.18. The highest BCUT2D eigenvalue weighted by Gasteiger charge is 2.43. The molecule has 78 valence electrons. The summed E-state index contributed by atoms with van der Waals surface area (Å²) in [6, 6.07) is 3.64. The molecule has 2 unspecified atom stereocenters. The largest absolute Gasteiger partial charge is 0.469 e. The van der Waals surface area contributed by atoms with Gasteiger partial charge in [0.2, 0.25) is 0 Å². The van der Waals surface area contributed by atoms with Crippen molar-refractivity contribution in [2.24, 2.45) is 0 Å². The lowest BCUT2D eigenvalue weighted by Gasteiger charge is -2.38. The van der Waals surface area contributed by atoms with Gasteiger partial charge in [-0.2, -0.15) is 0 Å². The molecule has 1 aromatic heterocycles. The summed E-state index contributed by atoms with van der Waals surface area (Å²) in [5.74, 6) is 0.715. The Balaban J connectivity index is 2.32. The van der Waals surface area contributed by atoms with E-state index in [0.717, 1.165) is 25.7 Å². The summed E-state index contributed by atoms with van der Waals surface area (Å²) < 4.78 is 5.32. The molecule has 3 nitrogen and oxygen atoms in total. The van der Waals surface area contributed by atoms with Gasteiger partial charge in [-0.05, 0) is 25.0 Å². The Morgan fingerprint density at radius 2 is 2.36 bits per heavy atom. The molecular formula is C11H16O3. The van der Waals surface area contributed by atoms with E-state index in [1.165, 1.54) is 0 Å². The van der Waals surface area contributed by atoms with Gasteiger partial charge in [-0.15, -0.1) is 0 Å². The molecule has 0 aliphatic heterocycles. The lowest BCUT2D eigenvalue weighted by atomic mass is 9.71. The molecule has 2 N–H and O–H groups in total. The third-order valence-corrected chi connectivity index (χ3v) is 3.28. The third-order valence-electron chi connectivity index (χ3n) is 3.28. The fourth-order valence-electron chi connectivity index (χ4n) is 2.33. The number of furan rings is 1. The van der Waals surface area contributed by atoms with Crippen LogP contribution in [0, 0.1) is 0 Å². The fraction of sp³-hybridized carbons (Fsp3) is 0.636. The lowest BCUT2D eigenvalue weighted by molar-refractivity contribution is -0.00522. The average molecular weight is 196 g/mol. The highest BCUT2D eigenvalue weighted by atomic mass is 16.3. The maximum absolute atomic E-state index is 9.97. The normalized spacial score (nSPS) is 33.1. The first-order chi connectivity index (χ1) is 6.79. The van der Waals surface area contributed by atoms with Gasteiger partial charge in [0.1, 0.15) is 5.76 Å². The summed E-state index contributed by atoms with van der Waals surface area (Å²) >= 11 is 0. The maximum atomic E-state index is 9.97. The van der Waals surface area contributed by atoms with Crippen LogP contribution in [0.4, 0.5) is 0 Å². The van der Waals surface area contributed by atoms with E-state index in [2.05, 4.69) is 0 Å². The van der Waals surface area contributed by atoms with Crippen LogP contribution < -0.4 is 0 Å². The predicted molar refractivity (Wildman–Crippen MR) is 51.9 cm³/mol. The van der Waals surface area contributed by atoms with Crippen molar-refractivity contribution in [2.75, 3.05) is 6.61 Å². The summed E-state index contributed by atoms with van der Waals surface area (Å²) in [4.78, 5) is 0. The van der Waals surface area contributed by atoms with E-state index < -0.39 is 11.5 Å². The monoisotopic (exact) mass is 196 g/mol. The molecule has 0 radical (unpaired) electrons. The van der Waals surface area contributed by atoms with Gasteiger partial charge in [0.05, 0.1) is 24.4 Å². The van der Waals surface area contributed by atoms with Crippen molar-refractivity contribution in [3.05, 3.63) is 24.2 Å². The van der Waals surface area contributed by atoms with Gasteiger partial charge in [-0.1, -0.05) is 12.8 Å². The van der Waals surface area contributed by atoms with Crippen molar-refractivity contribution < 1.29 is 14.6 Å². The summed E-state index contributed by atoms with van der Waals surface area (Å²) in [5, 5.41) is 19.4. The molecular weight excluding hydrogens is 180 g/mol. The number of hydrogen-bond donors (Lipinski definition) is 2. The van der Waals surface area contributed by atoms with Crippen molar-refractivity contribution in [3.8, 4) is 0 Å². The number of hydrogen-bond acceptors (Lipinski definition) is 3. The number of aliphatic hydroxyl groups is 2. The Kier molecular flexibility index (Phi) is 2.61.